The Balaban J connectivity index is 1.48. The van der Waals surface area contributed by atoms with Crippen LogP contribution in [0, 0.1) is 5.92 Å². The molecule has 2 aliphatic heterocycles. The Kier molecular flexibility index (Phi) is 6.32. The molecule has 0 saturated carbocycles. The summed E-state index contributed by atoms with van der Waals surface area (Å²) in [6, 6.07) is 7.45. The van der Waals surface area contributed by atoms with Gasteiger partial charge in [-0.1, -0.05) is 29.8 Å². The van der Waals surface area contributed by atoms with Gasteiger partial charge < -0.3 is 15.5 Å². The van der Waals surface area contributed by atoms with E-state index in [1.807, 2.05) is 29.2 Å². The molecule has 25 heavy (non-hydrogen) atoms. The first-order valence-corrected chi connectivity index (χ1v) is 9.53. The fourth-order valence-electron chi connectivity index (χ4n) is 3.65. The number of rotatable bonds is 5. The normalized spacial score (nSPS) is 23.5. The van der Waals surface area contributed by atoms with E-state index in [2.05, 4.69) is 10.6 Å². The molecule has 2 N–H and O–H groups in total. The molecular weight excluding hydrogens is 338 g/mol. The molecule has 0 aromatic heterocycles. The van der Waals surface area contributed by atoms with E-state index in [1.165, 1.54) is 0 Å². The van der Waals surface area contributed by atoms with E-state index >= 15 is 0 Å². The van der Waals surface area contributed by atoms with Gasteiger partial charge in [-0.05, 0) is 49.8 Å². The topological polar surface area (TPSA) is 61.4 Å². The molecule has 1 aromatic carbocycles. The summed E-state index contributed by atoms with van der Waals surface area (Å²) in [4.78, 5) is 26.6. The van der Waals surface area contributed by atoms with Crippen LogP contribution in [0.5, 0.6) is 0 Å². The molecule has 2 fully saturated rings. The first kappa shape index (κ1) is 18.2. The lowest BCUT2D eigenvalue weighted by molar-refractivity contribution is -0.132. The fraction of sp³-hybridized carbons (Fsp3) is 0.579. The van der Waals surface area contributed by atoms with Crippen LogP contribution in [0.2, 0.25) is 5.02 Å². The van der Waals surface area contributed by atoms with Crippen molar-refractivity contribution < 1.29 is 9.59 Å². The fourth-order valence-corrected chi connectivity index (χ4v) is 3.85. The molecule has 2 amide bonds. The zero-order valence-electron chi connectivity index (χ0n) is 14.5. The van der Waals surface area contributed by atoms with E-state index < -0.39 is 0 Å². The molecule has 6 heteroatoms. The van der Waals surface area contributed by atoms with Crippen molar-refractivity contribution in [2.75, 3.05) is 26.2 Å². The smallest absolute Gasteiger partial charge is 0.237 e. The molecule has 2 aliphatic rings. The molecule has 1 aromatic rings. The zero-order chi connectivity index (χ0) is 17.6. The molecule has 0 aliphatic carbocycles. The van der Waals surface area contributed by atoms with E-state index in [9.17, 15) is 9.59 Å². The molecule has 3 rings (SSSR count). The molecular formula is C19H26ClN3O2. The van der Waals surface area contributed by atoms with Gasteiger partial charge in [-0.25, -0.2) is 0 Å². The lowest BCUT2D eigenvalue weighted by atomic mass is 9.97. The Morgan fingerprint density at radius 1 is 1.24 bits per heavy atom. The van der Waals surface area contributed by atoms with Crippen molar-refractivity contribution in [3.05, 3.63) is 34.9 Å². The third-order valence-corrected chi connectivity index (χ3v) is 5.48. The highest BCUT2D eigenvalue weighted by atomic mass is 35.5. The molecule has 0 bridgehead atoms. The summed E-state index contributed by atoms with van der Waals surface area (Å²) in [7, 11) is 0. The van der Waals surface area contributed by atoms with E-state index in [4.69, 9.17) is 11.6 Å². The van der Waals surface area contributed by atoms with Gasteiger partial charge in [0, 0.05) is 24.7 Å². The third-order valence-electron chi connectivity index (χ3n) is 5.11. The molecule has 136 valence electrons. The molecule has 5 nitrogen and oxygen atoms in total. The van der Waals surface area contributed by atoms with Crippen LogP contribution in [0.3, 0.4) is 0 Å². The molecule has 2 saturated heterocycles. The summed E-state index contributed by atoms with van der Waals surface area (Å²) in [6.45, 7) is 3.07. The van der Waals surface area contributed by atoms with Gasteiger partial charge in [0.15, 0.2) is 0 Å². The van der Waals surface area contributed by atoms with Crippen LogP contribution in [0.4, 0.5) is 0 Å². The summed E-state index contributed by atoms with van der Waals surface area (Å²) in [5.74, 6) is 0.535. The number of carbonyl (C=O) groups is 2. The van der Waals surface area contributed by atoms with Crippen molar-refractivity contribution in [3.8, 4) is 0 Å². The second-order valence-electron chi connectivity index (χ2n) is 7.01. The minimum absolute atomic E-state index is 0.0402. The van der Waals surface area contributed by atoms with Crippen molar-refractivity contribution in [3.63, 3.8) is 0 Å². The first-order chi connectivity index (χ1) is 12.1. The van der Waals surface area contributed by atoms with Crippen molar-refractivity contribution in [2.24, 2.45) is 5.92 Å². The summed E-state index contributed by atoms with van der Waals surface area (Å²) >= 11 is 6.16. The lowest BCUT2D eigenvalue weighted by Crippen LogP contribution is -2.47. The Bertz CT molecular complexity index is 616. The highest BCUT2D eigenvalue weighted by Gasteiger charge is 2.26. The number of likely N-dealkylation sites (tertiary alicyclic amines) is 1. The maximum absolute atomic E-state index is 12.6. The average molecular weight is 364 g/mol. The van der Waals surface area contributed by atoms with Crippen molar-refractivity contribution in [2.45, 2.75) is 38.1 Å². The van der Waals surface area contributed by atoms with Gasteiger partial charge in [-0.3, -0.25) is 9.59 Å². The largest absolute Gasteiger partial charge is 0.354 e. The van der Waals surface area contributed by atoms with Crippen molar-refractivity contribution >= 4 is 23.4 Å². The molecule has 2 atom stereocenters. The number of carbonyl (C=O) groups excluding carboxylic acids is 2. The summed E-state index contributed by atoms with van der Waals surface area (Å²) in [5, 5.41) is 6.91. The monoisotopic (exact) mass is 363 g/mol. The van der Waals surface area contributed by atoms with Crippen LogP contribution in [0.15, 0.2) is 24.3 Å². The quantitative estimate of drug-likeness (QED) is 0.841. The van der Waals surface area contributed by atoms with E-state index in [1.54, 1.807) is 0 Å². The number of piperidine rings is 1. The van der Waals surface area contributed by atoms with Crippen LogP contribution in [-0.2, 0) is 16.0 Å². The van der Waals surface area contributed by atoms with Gasteiger partial charge in [0.05, 0.1) is 12.5 Å². The number of hydrogen-bond acceptors (Lipinski definition) is 3. The molecule has 0 spiro atoms. The maximum Gasteiger partial charge on any atom is 0.237 e. The van der Waals surface area contributed by atoms with Gasteiger partial charge in [0.1, 0.15) is 0 Å². The highest BCUT2D eigenvalue weighted by Crippen LogP contribution is 2.20. The average Bonchev–Trinajstić information content (AvgIpc) is 3.16. The number of amides is 2. The van der Waals surface area contributed by atoms with E-state index in [0.29, 0.717) is 30.5 Å². The van der Waals surface area contributed by atoms with Crippen molar-refractivity contribution in [1.29, 1.82) is 0 Å². The summed E-state index contributed by atoms with van der Waals surface area (Å²) in [5.41, 5.74) is 0.872. The Morgan fingerprint density at radius 2 is 2.08 bits per heavy atom. The van der Waals surface area contributed by atoms with Crippen LogP contribution in [-0.4, -0.2) is 48.9 Å². The van der Waals surface area contributed by atoms with Crippen LogP contribution in [0.1, 0.15) is 31.2 Å². The van der Waals surface area contributed by atoms with Gasteiger partial charge in [0.2, 0.25) is 11.8 Å². The van der Waals surface area contributed by atoms with Gasteiger partial charge in [0.25, 0.3) is 0 Å². The molecule has 2 unspecified atom stereocenters. The minimum atomic E-state index is -0.0402. The zero-order valence-corrected chi connectivity index (χ0v) is 15.2. The van der Waals surface area contributed by atoms with Gasteiger partial charge in [-0.2, -0.15) is 0 Å². The number of hydrogen-bond donors (Lipinski definition) is 2. The number of halogens is 1. The Hall–Kier alpha value is -1.59. The predicted octanol–water partition coefficient (Wildman–Crippen LogP) is 1.99. The lowest BCUT2D eigenvalue weighted by Gasteiger charge is -2.33. The summed E-state index contributed by atoms with van der Waals surface area (Å²) in [6.07, 6.45) is 4.35. The van der Waals surface area contributed by atoms with Crippen LogP contribution in [0.25, 0.3) is 0 Å². The number of benzene rings is 1. The standard InChI is InChI=1S/C19H26ClN3O2/c20-16-7-2-1-6-15(16)11-18(24)23-10-4-5-14(13-23)12-22-19(25)17-8-3-9-21-17/h1-2,6-7,14,17,21H,3-5,8-13H2,(H,22,25). The van der Waals surface area contributed by atoms with E-state index in [-0.39, 0.29) is 17.9 Å². The number of nitrogens with one attached hydrogen (secondary N) is 2. The Labute approximate surface area is 154 Å². The number of nitrogens with zero attached hydrogens (tertiary/aromatic N) is 1. The second-order valence-corrected chi connectivity index (χ2v) is 7.42. The predicted molar refractivity (Wildman–Crippen MR) is 98.5 cm³/mol. The van der Waals surface area contributed by atoms with Gasteiger partial charge >= 0.3 is 0 Å². The highest BCUT2D eigenvalue weighted by molar-refractivity contribution is 6.31. The van der Waals surface area contributed by atoms with Gasteiger partial charge in [-0.15, -0.1) is 0 Å². The van der Waals surface area contributed by atoms with Crippen LogP contribution < -0.4 is 10.6 Å². The maximum atomic E-state index is 12.6. The molecule has 0 radical (unpaired) electrons. The Morgan fingerprint density at radius 3 is 2.84 bits per heavy atom. The van der Waals surface area contributed by atoms with Crippen LogP contribution >= 0.6 is 11.6 Å². The second kappa shape index (κ2) is 8.68. The summed E-state index contributed by atoms with van der Waals surface area (Å²) < 4.78 is 0. The third kappa shape index (κ3) is 4.95. The van der Waals surface area contributed by atoms with Crippen molar-refractivity contribution in [1.82, 2.24) is 15.5 Å². The van der Waals surface area contributed by atoms with E-state index in [0.717, 1.165) is 44.3 Å². The first-order valence-electron chi connectivity index (χ1n) is 9.16. The SMILES string of the molecule is O=C(NCC1CCCN(C(=O)Cc2ccccc2Cl)C1)C1CCCN1. The minimum Gasteiger partial charge on any atom is -0.354 e. The molecule has 2 heterocycles.